The lowest BCUT2D eigenvalue weighted by atomic mass is 9.96. The number of hydrogen-bond acceptors (Lipinski definition) is 8. The Morgan fingerprint density at radius 1 is 1.14 bits per heavy atom. The standard InChI is InChI=1S/C32H33BrClN3O6/c1-8-42-26-14-20(27(33)28(34)29(26)43-19(5)32(39)41-7)16-35-37-30(36-24-12-10-9-11-21(24)31(37)38)23-15-22(17(2)3)25(40-6)13-18(23)4/h9-17,19H,8H2,1-7H3/t19-/m0/s1. The zero-order chi connectivity index (χ0) is 31.4. The van der Waals surface area contributed by atoms with E-state index in [0.29, 0.717) is 39.1 Å². The summed E-state index contributed by atoms with van der Waals surface area (Å²) >= 11 is 10.2. The van der Waals surface area contributed by atoms with E-state index in [9.17, 15) is 9.59 Å². The average molecular weight is 671 g/mol. The quantitative estimate of drug-likeness (QED) is 0.131. The molecule has 43 heavy (non-hydrogen) atoms. The zero-order valence-electron chi connectivity index (χ0n) is 25.0. The number of methoxy groups -OCH3 is 2. The lowest BCUT2D eigenvalue weighted by Gasteiger charge is -2.19. The van der Waals surface area contributed by atoms with E-state index in [4.69, 9.17) is 35.5 Å². The lowest BCUT2D eigenvalue weighted by Crippen LogP contribution is -2.25. The minimum atomic E-state index is -0.929. The Labute approximate surface area is 263 Å². The van der Waals surface area contributed by atoms with Crippen molar-refractivity contribution < 1.29 is 23.7 Å². The van der Waals surface area contributed by atoms with Crippen LogP contribution in [0.2, 0.25) is 5.02 Å². The van der Waals surface area contributed by atoms with E-state index in [1.54, 1.807) is 38.3 Å². The fraction of sp³-hybridized carbons (Fsp3) is 0.312. The van der Waals surface area contributed by atoms with Crippen molar-refractivity contribution in [2.24, 2.45) is 5.10 Å². The van der Waals surface area contributed by atoms with Crippen molar-refractivity contribution >= 4 is 50.6 Å². The summed E-state index contributed by atoms with van der Waals surface area (Å²) in [6.45, 7) is 9.76. The van der Waals surface area contributed by atoms with Gasteiger partial charge in [-0.3, -0.25) is 4.79 Å². The second kappa shape index (κ2) is 13.6. The molecule has 3 aromatic carbocycles. The number of esters is 1. The molecule has 0 unspecified atom stereocenters. The van der Waals surface area contributed by atoms with Crippen LogP contribution in [0.15, 0.2) is 56.8 Å². The molecule has 0 saturated carbocycles. The molecule has 0 bridgehead atoms. The van der Waals surface area contributed by atoms with Crippen molar-refractivity contribution in [3.05, 3.63) is 79.0 Å². The molecule has 0 saturated heterocycles. The van der Waals surface area contributed by atoms with Gasteiger partial charge in [-0.1, -0.05) is 37.6 Å². The molecule has 0 aliphatic carbocycles. The molecule has 1 atom stereocenters. The van der Waals surface area contributed by atoms with E-state index in [2.05, 4.69) is 34.9 Å². The average Bonchev–Trinajstić information content (AvgIpc) is 2.99. The minimum absolute atomic E-state index is 0.163. The Morgan fingerprint density at radius 2 is 1.86 bits per heavy atom. The van der Waals surface area contributed by atoms with Gasteiger partial charge in [-0.15, -0.1) is 0 Å². The Bertz CT molecular complexity index is 1770. The van der Waals surface area contributed by atoms with Crippen LogP contribution < -0.4 is 19.8 Å². The van der Waals surface area contributed by atoms with Crippen molar-refractivity contribution in [3.63, 3.8) is 0 Å². The molecule has 0 aliphatic heterocycles. The van der Waals surface area contributed by atoms with Crippen molar-refractivity contribution in [2.45, 2.75) is 46.6 Å². The van der Waals surface area contributed by atoms with Crippen LogP contribution in [0.1, 0.15) is 50.3 Å². The third-order valence-corrected chi connectivity index (χ3v) is 8.23. The number of aromatic nitrogens is 2. The van der Waals surface area contributed by atoms with E-state index in [1.807, 2.05) is 32.0 Å². The number of hydrogen-bond donors (Lipinski definition) is 0. The highest BCUT2D eigenvalue weighted by molar-refractivity contribution is 9.10. The van der Waals surface area contributed by atoms with Crippen LogP contribution in [0.25, 0.3) is 22.3 Å². The second-order valence-electron chi connectivity index (χ2n) is 10.0. The predicted molar refractivity (Wildman–Crippen MR) is 172 cm³/mol. The van der Waals surface area contributed by atoms with Crippen molar-refractivity contribution in [3.8, 4) is 28.6 Å². The molecule has 0 aliphatic rings. The molecule has 0 spiro atoms. The highest BCUT2D eigenvalue weighted by Gasteiger charge is 2.24. The Hall–Kier alpha value is -3.89. The number of fused-ring (bicyclic) bond motifs is 1. The second-order valence-corrected chi connectivity index (χ2v) is 11.2. The van der Waals surface area contributed by atoms with Gasteiger partial charge in [0.25, 0.3) is 5.56 Å². The first-order chi connectivity index (χ1) is 20.5. The number of ether oxygens (including phenoxy) is 4. The molecular weight excluding hydrogens is 638 g/mol. The number of carbonyl (C=O) groups is 1. The molecule has 0 amide bonds. The number of para-hydroxylation sites is 1. The van der Waals surface area contributed by atoms with Crippen LogP contribution >= 0.6 is 27.5 Å². The summed E-state index contributed by atoms with van der Waals surface area (Å²) in [5.41, 5.74) is 3.32. The summed E-state index contributed by atoms with van der Waals surface area (Å²) in [5, 5.41) is 5.21. The Kier molecular flexibility index (Phi) is 10.1. The van der Waals surface area contributed by atoms with Crippen LogP contribution in [0.3, 0.4) is 0 Å². The Morgan fingerprint density at radius 3 is 2.51 bits per heavy atom. The minimum Gasteiger partial charge on any atom is -0.496 e. The number of nitrogens with zero attached hydrogens (tertiary/aromatic N) is 3. The SMILES string of the molecule is CCOc1cc(C=Nn2c(-c3cc(C(C)C)c(OC)cc3C)nc3ccccc3c2=O)c(Br)c(Cl)c1O[C@@H](C)C(=O)OC. The van der Waals surface area contributed by atoms with Gasteiger partial charge in [-0.25, -0.2) is 9.78 Å². The number of aryl methyl sites for hydroxylation is 1. The largest absolute Gasteiger partial charge is 0.496 e. The number of rotatable bonds is 10. The fourth-order valence-corrected chi connectivity index (χ4v) is 5.20. The summed E-state index contributed by atoms with van der Waals surface area (Å²) < 4.78 is 23.7. The maximum absolute atomic E-state index is 13.8. The van der Waals surface area contributed by atoms with Crippen LogP contribution in [0.4, 0.5) is 0 Å². The van der Waals surface area contributed by atoms with E-state index >= 15 is 0 Å². The number of halogens is 2. The molecule has 9 nitrogen and oxygen atoms in total. The first kappa shape index (κ1) is 32.0. The molecule has 226 valence electrons. The topological polar surface area (TPSA) is 101 Å². The van der Waals surface area contributed by atoms with Crippen molar-refractivity contribution in [1.29, 1.82) is 0 Å². The third kappa shape index (κ3) is 6.55. The molecule has 11 heteroatoms. The van der Waals surface area contributed by atoms with Crippen LogP contribution in [0.5, 0.6) is 17.2 Å². The van der Waals surface area contributed by atoms with Gasteiger partial charge in [0.15, 0.2) is 23.4 Å². The van der Waals surface area contributed by atoms with Gasteiger partial charge >= 0.3 is 5.97 Å². The summed E-state index contributed by atoms with van der Waals surface area (Å²) in [5.74, 6) is 1.21. The summed E-state index contributed by atoms with van der Waals surface area (Å²) in [6, 6.07) is 12.7. The number of carbonyl (C=O) groups excluding carboxylic acids is 1. The highest BCUT2D eigenvalue weighted by atomic mass is 79.9. The van der Waals surface area contributed by atoms with E-state index in [-0.39, 0.29) is 22.2 Å². The van der Waals surface area contributed by atoms with Crippen LogP contribution in [0, 0.1) is 6.92 Å². The molecule has 0 radical (unpaired) electrons. The van der Waals surface area contributed by atoms with Crippen molar-refractivity contribution in [1.82, 2.24) is 9.66 Å². The maximum atomic E-state index is 13.8. The van der Waals surface area contributed by atoms with Crippen LogP contribution in [-0.4, -0.2) is 48.8 Å². The lowest BCUT2D eigenvalue weighted by molar-refractivity contribution is -0.147. The first-order valence-electron chi connectivity index (χ1n) is 13.7. The fourth-order valence-electron chi connectivity index (χ4n) is 4.55. The molecule has 1 aromatic heterocycles. The molecular formula is C32H33BrClN3O6. The molecule has 0 N–H and O–H groups in total. The molecule has 0 fully saturated rings. The Balaban J connectivity index is 1.92. The summed E-state index contributed by atoms with van der Waals surface area (Å²) in [7, 11) is 2.92. The molecule has 4 rings (SSSR count). The third-order valence-electron chi connectivity index (χ3n) is 6.79. The predicted octanol–water partition coefficient (Wildman–Crippen LogP) is 7.14. The van der Waals surface area contributed by atoms with E-state index in [1.165, 1.54) is 18.0 Å². The van der Waals surface area contributed by atoms with Gasteiger partial charge in [-0.05, 0) is 84.1 Å². The smallest absolute Gasteiger partial charge is 0.346 e. The summed E-state index contributed by atoms with van der Waals surface area (Å²) in [6.07, 6.45) is 0.566. The van der Waals surface area contributed by atoms with Gasteiger partial charge in [-0.2, -0.15) is 9.78 Å². The molecule has 4 aromatic rings. The van der Waals surface area contributed by atoms with Gasteiger partial charge in [0.05, 0.1) is 37.9 Å². The van der Waals surface area contributed by atoms with Crippen molar-refractivity contribution in [2.75, 3.05) is 20.8 Å². The zero-order valence-corrected chi connectivity index (χ0v) is 27.4. The molecule has 1 heterocycles. The first-order valence-corrected chi connectivity index (χ1v) is 14.8. The highest BCUT2D eigenvalue weighted by Crippen LogP contribution is 2.43. The van der Waals surface area contributed by atoms with Crippen LogP contribution in [-0.2, 0) is 9.53 Å². The normalized spacial score (nSPS) is 12.1. The number of benzene rings is 3. The summed E-state index contributed by atoms with van der Waals surface area (Å²) in [4.78, 5) is 30.7. The van der Waals surface area contributed by atoms with E-state index < -0.39 is 12.1 Å². The monoisotopic (exact) mass is 669 g/mol. The van der Waals surface area contributed by atoms with Gasteiger partial charge in [0.2, 0.25) is 0 Å². The van der Waals surface area contributed by atoms with E-state index in [0.717, 1.165) is 22.4 Å². The van der Waals surface area contributed by atoms with Gasteiger partial charge in [0, 0.05) is 15.6 Å². The van der Waals surface area contributed by atoms with Gasteiger partial charge < -0.3 is 18.9 Å². The maximum Gasteiger partial charge on any atom is 0.346 e. The van der Waals surface area contributed by atoms with Gasteiger partial charge in [0.1, 0.15) is 10.8 Å².